The summed E-state index contributed by atoms with van der Waals surface area (Å²) in [5.74, 6) is 0.547. The number of nitrogens with one attached hydrogen (secondary N) is 1. The van der Waals surface area contributed by atoms with Gasteiger partial charge in [0.15, 0.2) is 0 Å². The number of nitrogens with zero attached hydrogens (tertiary/aromatic N) is 6. The van der Waals surface area contributed by atoms with E-state index >= 15 is 0 Å². The zero-order valence-corrected chi connectivity index (χ0v) is 22.1. The van der Waals surface area contributed by atoms with Crippen molar-refractivity contribution >= 4 is 22.8 Å². The predicted molar refractivity (Wildman–Crippen MR) is 145 cm³/mol. The van der Waals surface area contributed by atoms with Gasteiger partial charge in [-0.15, -0.1) is 5.10 Å². The van der Waals surface area contributed by atoms with Crippen LogP contribution in [0, 0.1) is 5.92 Å². The molecule has 2 amide bonds. The molecule has 3 unspecified atom stereocenters. The van der Waals surface area contributed by atoms with Crippen LogP contribution in [-0.2, 0) is 29.6 Å². The molecule has 0 radical (unpaired) electrons. The van der Waals surface area contributed by atoms with Crippen molar-refractivity contribution in [2.24, 2.45) is 18.7 Å². The highest BCUT2D eigenvalue weighted by molar-refractivity contribution is 5.82. The monoisotopic (exact) mass is 518 g/mol. The second kappa shape index (κ2) is 12.0. The van der Waals surface area contributed by atoms with Crippen molar-refractivity contribution in [2.45, 2.75) is 57.2 Å². The number of aromatic nitrogens is 4. The first-order chi connectivity index (χ1) is 18.5. The minimum Gasteiger partial charge on any atom is -0.351 e. The quantitative estimate of drug-likeness (QED) is 0.418. The minimum absolute atomic E-state index is 0.0123. The molecule has 10 heteroatoms. The molecule has 202 valence electrons. The summed E-state index contributed by atoms with van der Waals surface area (Å²) in [7, 11) is 1.86. The molecule has 2 saturated heterocycles. The van der Waals surface area contributed by atoms with Crippen LogP contribution in [0.15, 0.2) is 42.7 Å². The lowest BCUT2D eigenvalue weighted by atomic mass is 9.97. The van der Waals surface area contributed by atoms with Crippen LogP contribution in [-0.4, -0.2) is 79.9 Å². The van der Waals surface area contributed by atoms with Crippen molar-refractivity contribution < 1.29 is 9.59 Å². The average molecular weight is 519 g/mol. The van der Waals surface area contributed by atoms with E-state index in [1.165, 1.54) is 5.56 Å². The number of pyridine rings is 1. The molecule has 0 aliphatic carbocycles. The van der Waals surface area contributed by atoms with Gasteiger partial charge in [0.1, 0.15) is 5.52 Å². The number of carbonyl (C=O) groups is 2. The zero-order chi connectivity index (χ0) is 26.5. The third kappa shape index (κ3) is 6.36. The van der Waals surface area contributed by atoms with Crippen LogP contribution in [0.25, 0.3) is 11.0 Å². The van der Waals surface area contributed by atoms with Crippen LogP contribution >= 0.6 is 0 Å². The molecule has 10 nitrogen and oxygen atoms in total. The van der Waals surface area contributed by atoms with Gasteiger partial charge in [0.05, 0.1) is 11.6 Å². The standard InChI is InChI=1S/C28H38N8O2/c1-34-25-8-6-21(14-24(25)32-33-34)17-31-28(38)26-15-22(13-20-5-4-10-30-16-20)18-36(26)19-23(29)7-9-27(37)35-11-2-3-12-35/h4-6,8,10,14,16,22-23,26H,2-3,7,9,11-13,15,17-19,29H2,1H3,(H,31,38). The molecule has 2 aliphatic heterocycles. The summed E-state index contributed by atoms with van der Waals surface area (Å²) >= 11 is 0. The van der Waals surface area contributed by atoms with Crippen molar-refractivity contribution in [3.8, 4) is 0 Å². The number of fused-ring (bicyclic) bond motifs is 1. The summed E-state index contributed by atoms with van der Waals surface area (Å²) in [5, 5.41) is 11.4. The Bertz CT molecular complexity index is 1240. The Morgan fingerprint density at radius 1 is 1.18 bits per heavy atom. The minimum atomic E-state index is -0.253. The smallest absolute Gasteiger partial charge is 0.237 e. The fourth-order valence-corrected chi connectivity index (χ4v) is 5.80. The largest absolute Gasteiger partial charge is 0.351 e. The van der Waals surface area contributed by atoms with E-state index in [9.17, 15) is 9.59 Å². The molecule has 0 spiro atoms. The zero-order valence-electron chi connectivity index (χ0n) is 22.1. The Morgan fingerprint density at radius 2 is 2.03 bits per heavy atom. The van der Waals surface area contributed by atoms with Gasteiger partial charge in [-0.05, 0) is 67.3 Å². The van der Waals surface area contributed by atoms with E-state index < -0.39 is 0 Å². The molecule has 38 heavy (non-hydrogen) atoms. The summed E-state index contributed by atoms with van der Waals surface area (Å²) in [4.78, 5) is 34.3. The van der Waals surface area contributed by atoms with Gasteiger partial charge >= 0.3 is 0 Å². The van der Waals surface area contributed by atoms with Crippen molar-refractivity contribution in [2.75, 3.05) is 26.2 Å². The normalized spacial score (nSPS) is 20.7. The summed E-state index contributed by atoms with van der Waals surface area (Å²) < 4.78 is 1.73. The van der Waals surface area contributed by atoms with E-state index in [0.29, 0.717) is 31.8 Å². The van der Waals surface area contributed by atoms with Crippen molar-refractivity contribution in [1.82, 2.24) is 35.1 Å². The predicted octanol–water partition coefficient (Wildman–Crippen LogP) is 1.64. The molecule has 3 atom stereocenters. The Morgan fingerprint density at radius 3 is 2.82 bits per heavy atom. The Balaban J connectivity index is 1.20. The fraction of sp³-hybridized carbons (Fsp3) is 0.536. The van der Waals surface area contributed by atoms with Crippen molar-refractivity contribution in [1.29, 1.82) is 0 Å². The second-order valence-electron chi connectivity index (χ2n) is 10.8. The topological polar surface area (TPSA) is 122 Å². The van der Waals surface area contributed by atoms with Crippen molar-refractivity contribution in [3.05, 3.63) is 53.9 Å². The van der Waals surface area contributed by atoms with Crippen molar-refractivity contribution in [3.63, 3.8) is 0 Å². The molecule has 3 N–H and O–H groups in total. The maximum absolute atomic E-state index is 13.4. The lowest BCUT2D eigenvalue weighted by molar-refractivity contribution is -0.130. The maximum Gasteiger partial charge on any atom is 0.237 e. The third-order valence-electron chi connectivity index (χ3n) is 7.84. The second-order valence-corrected chi connectivity index (χ2v) is 10.8. The first kappa shape index (κ1) is 26.2. The molecule has 0 saturated carbocycles. The molecular weight excluding hydrogens is 480 g/mol. The lowest BCUT2D eigenvalue weighted by Gasteiger charge is -2.27. The van der Waals surface area contributed by atoms with Gasteiger partial charge in [0.25, 0.3) is 0 Å². The molecule has 2 aromatic heterocycles. The number of hydrogen-bond donors (Lipinski definition) is 2. The van der Waals surface area contributed by atoms with Gasteiger partial charge in [-0.25, -0.2) is 4.68 Å². The van der Waals surface area contributed by atoms with E-state index in [0.717, 1.165) is 61.9 Å². The third-order valence-corrected chi connectivity index (χ3v) is 7.84. The fourth-order valence-electron chi connectivity index (χ4n) is 5.80. The number of likely N-dealkylation sites (tertiary alicyclic amines) is 2. The number of rotatable bonds is 10. The van der Waals surface area contributed by atoms with E-state index in [2.05, 4.69) is 31.6 Å². The van der Waals surface area contributed by atoms with Gasteiger partial charge in [-0.3, -0.25) is 19.5 Å². The average Bonchev–Trinajstić information content (AvgIpc) is 3.68. The molecule has 2 aliphatic rings. The molecule has 4 heterocycles. The molecule has 3 aromatic rings. The van der Waals surface area contributed by atoms with Crippen LogP contribution in [0.5, 0.6) is 0 Å². The number of aryl methyl sites for hydroxylation is 1. The molecule has 2 fully saturated rings. The van der Waals surface area contributed by atoms with E-state index in [1.54, 1.807) is 10.9 Å². The highest BCUT2D eigenvalue weighted by Crippen LogP contribution is 2.27. The Labute approximate surface area is 223 Å². The first-order valence-corrected chi connectivity index (χ1v) is 13.7. The van der Waals surface area contributed by atoms with E-state index in [1.807, 2.05) is 42.4 Å². The van der Waals surface area contributed by atoms with Gasteiger partial charge in [-0.1, -0.05) is 17.3 Å². The molecule has 0 bridgehead atoms. The van der Waals surface area contributed by atoms with Gasteiger partial charge in [-0.2, -0.15) is 0 Å². The summed E-state index contributed by atoms with van der Waals surface area (Å²) in [5.41, 5.74) is 10.4. The number of carbonyl (C=O) groups excluding carboxylic acids is 2. The van der Waals surface area contributed by atoms with E-state index in [4.69, 9.17) is 5.73 Å². The number of benzene rings is 1. The molecule has 5 rings (SSSR count). The molecular formula is C28H38N8O2. The van der Waals surface area contributed by atoms with Crippen LogP contribution in [0.2, 0.25) is 0 Å². The Hall–Kier alpha value is -3.37. The van der Waals surface area contributed by atoms with Crippen LogP contribution in [0.3, 0.4) is 0 Å². The first-order valence-electron chi connectivity index (χ1n) is 13.7. The SMILES string of the molecule is Cn1nnc2cc(CNC(=O)C3CC(Cc4cccnc4)CN3CC(N)CCC(=O)N3CCCC3)ccc21. The van der Waals surface area contributed by atoms with Crippen LogP contribution < -0.4 is 11.1 Å². The van der Waals surface area contributed by atoms with E-state index in [-0.39, 0.29) is 23.9 Å². The van der Waals surface area contributed by atoms with Gasteiger partial charge in [0.2, 0.25) is 11.8 Å². The summed E-state index contributed by atoms with van der Waals surface area (Å²) in [6, 6.07) is 9.57. The van der Waals surface area contributed by atoms with Gasteiger partial charge < -0.3 is 16.0 Å². The molecule has 1 aromatic carbocycles. The maximum atomic E-state index is 13.4. The number of amides is 2. The number of hydrogen-bond acceptors (Lipinski definition) is 7. The summed E-state index contributed by atoms with van der Waals surface area (Å²) in [6.45, 7) is 3.55. The van der Waals surface area contributed by atoms with Crippen LogP contribution in [0.4, 0.5) is 0 Å². The highest BCUT2D eigenvalue weighted by Gasteiger charge is 2.37. The Kier molecular flexibility index (Phi) is 8.29. The number of nitrogens with two attached hydrogens (primary N) is 1. The van der Waals surface area contributed by atoms with Crippen LogP contribution in [0.1, 0.15) is 43.2 Å². The van der Waals surface area contributed by atoms with Gasteiger partial charge in [0, 0.05) is 64.6 Å². The summed E-state index contributed by atoms with van der Waals surface area (Å²) in [6.07, 6.45) is 8.60. The lowest BCUT2D eigenvalue weighted by Crippen LogP contribution is -2.47. The highest BCUT2D eigenvalue weighted by atomic mass is 16.2.